The van der Waals surface area contributed by atoms with Crippen LogP contribution in [0, 0.1) is 5.82 Å². The van der Waals surface area contributed by atoms with Crippen molar-refractivity contribution in [2.75, 3.05) is 0 Å². The number of carbonyl (C=O) groups is 2. The maximum absolute atomic E-state index is 12.8. The van der Waals surface area contributed by atoms with Crippen molar-refractivity contribution in [2.24, 2.45) is 0 Å². The molecular weight excluding hydrogens is 279 g/mol. The van der Waals surface area contributed by atoms with E-state index < -0.39 is 23.3 Å². The number of rotatable bonds is 5. The molecule has 108 valence electrons. The summed E-state index contributed by atoms with van der Waals surface area (Å²) in [6.07, 6.45) is 0. The van der Waals surface area contributed by atoms with Crippen LogP contribution in [0.1, 0.15) is 26.3 Å². The molecule has 0 saturated heterocycles. The Labute approximate surface area is 119 Å². The number of hydrogen-bond acceptors (Lipinski definition) is 3. The SMILES string of the molecule is O=C(O)c1cccc(OCc2ccc(F)cc2)c1C(=O)O. The van der Waals surface area contributed by atoms with Crippen molar-refractivity contribution in [2.45, 2.75) is 6.61 Å². The summed E-state index contributed by atoms with van der Waals surface area (Å²) in [7, 11) is 0. The minimum atomic E-state index is -1.39. The topological polar surface area (TPSA) is 83.8 Å². The normalized spacial score (nSPS) is 10.1. The molecule has 2 aromatic rings. The summed E-state index contributed by atoms with van der Waals surface area (Å²) >= 11 is 0. The number of carboxylic acid groups (broad SMARTS) is 2. The maximum Gasteiger partial charge on any atom is 0.340 e. The van der Waals surface area contributed by atoms with Gasteiger partial charge in [0.1, 0.15) is 23.7 Å². The van der Waals surface area contributed by atoms with Gasteiger partial charge in [-0.05, 0) is 29.8 Å². The van der Waals surface area contributed by atoms with E-state index in [2.05, 4.69) is 0 Å². The van der Waals surface area contributed by atoms with Crippen molar-refractivity contribution in [3.63, 3.8) is 0 Å². The van der Waals surface area contributed by atoms with Gasteiger partial charge in [0, 0.05) is 0 Å². The zero-order chi connectivity index (χ0) is 15.4. The largest absolute Gasteiger partial charge is 0.488 e. The van der Waals surface area contributed by atoms with Gasteiger partial charge in [-0.3, -0.25) is 0 Å². The fraction of sp³-hybridized carbons (Fsp3) is 0.0667. The lowest BCUT2D eigenvalue weighted by Crippen LogP contribution is -2.10. The van der Waals surface area contributed by atoms with E-state index in [9.17, 15) is 14.0 Å². The number of ether oxygens (including phenoxy) is 1. The lowest BCUT2D eigenvalue weighted by Gasteiger charge is -2.11. The van der Waals surface area contributed by atoms with Crippen LogP contribution in [0.3, 0.4) is 0 Å². The highest BCUT2D eigenvalue weighted by Gasteiger charge is 2.21. The van der Waals surface area contributed by atoms with E-state index in [1.807, 2.05) is 0 Å². The smallest absolute Gasteiger partial charge is 0.340 e. The molecule has 0 aliphatic heterocycles. The molecule has 5 nitrogen and oxygen atoms in total. The Morgan fingerprint density at radius 2 is 1.67 bits per heavy atom. The van der Waals surface area contributed by atoms with Crippen LogP contribution in [0.25, 0.3) is 0 Å². The Kier molecular flexibility index (Phi) is 4.18. The minimum Gasteiger partial charge on any atom is -0.488 e. The van der Waals surface area contributed by atoms with E-state index in [1.54, 1.807) is 0 Å². The van der Waals surface area contributed by atoms with Gasteiger partial charge in [-0.15, -0.1) is 0 Å². The summed E-state index contributed by atoms with van der Waals surface area (Å²) in [5.41, 5.74) is -0.125. The predicted molar refractivity (Wildman–Crippen MR) is 71.1 cm³/mol. The van der Waals surface area contributed by atoms with Gasteiger partial charge < -0.3 is 14.9 Å². The minimum absolute atomic E-state index is 0.00360. The van der Waals surface area contributed by atoms with Crippen molar-refractivity contribution < 1.29 is 28.9 Å². The zero-order valence-electron chi connectivity index (χ0n) is 10.7. The third kappa shape index (κ3) is 3.36. The summed E-state index contributed by atoms with van der Waals surface area (Å²) in [5.74, 6) is -3.17. The quantitative estimate of drug-likeness (QED) is 0.884. The van der Waals surface area contributed by atoms with Crippen LogP contribution >= 0.6 is 0 Å². The fourth-order valence-electron chi connectivity index (χ4n) is 1.79. The zero-order valence-corrected chi connectivity index (χ0v) is 10.7. The first-order valence-corrected chi connectivity index (χ1v) is 5.96. The highest BCUT2D eigenvalue weighted by atomic mass is 19.1. The van der Waals surface area contributed by atoms with Crippen LogP contribution in [-0.2, 0) is 6.61 Å². The third-order valence-electron chi connectivity index (χ3n) is 2.78. The van der Waals surface area contributed by atoms with Gasteiger partial charge in [0.15, 0.2) is 0 Å². The van der Waals surface area contributed by atoms with Crippen molar-refractivity contribution in [3.05, 3.63) is 65.0 Å². The molecule has 21 heavy (non-hydrogen) atoms. The molecule has 0 aliphatic carbocycles. The van der Waals surface area contributed by atoms with Crippen LogP contribution in [0.15, 0.2) is 42.5 Å². The first kappa shape index (κ1) is 14.5. The molecule has 2 aromatic carbocycles. The second kappa shape index (κ2) is 6.04. The average Bonchev–Trinajstić information content (AvgIpc) is 2.46. The summed E-state index contributed by atoms with van der Waals surface area (Å²) in [6.45, 7) is 0.00360. The van der Waals surface area contributed by atoms with Crippen molar-refractivity contribution in [3.8, 4) is 5.75 Å². The van der Waals surface area contributed by atoms with Crippen LogP contribution in [0.5, 0.6) is 5.75 Å². The number of halogens is 1. The second-order valence-electron chi connectivity index (χ2n) is 4.20. The molecule has 0 bridgehead atoms. The van der Waals surface area contributed by atoms with Gasteiger partial charge in [-0.2, -0.15) is 0 Å². The summed E-state index contributed by atoms with van der Waals surface area (Å²) in [4.78, 5) is 22.2. The first-order valence-electron chi connectivity index (χ1n) is 5.96. The molecule has 2 N–H and O–H groups in total. The van der Waals surface area contributed by atoms with E-state index in [0.717, 1.165) is 0 Å². The van der Waals surface area contributed by atoms with E-state index in [1.165, 1.54) is 42.5 Å². The molecule has 0 fully saturated rings. The van der Waals surface area contributed by atoms with Gasteiger partial charge in [0.25, 0.3) is 0 Å². The first-order chi connectivity index (χ1) is 9.99. The molecule has 0 spiro atoms. The van der Waals surface area contributed by atoms with E-state index in [-0.39, 0.29) is 17.9 Å². The van der Waals surface area contributed by atoms with Crippen LogP contribution in [0.2, 0.25) is 0 Å². The Morgan fingerprint density at radius 1 is 1.00 bits per heavy atom. The molecule has 0 heterocycles. The molecule has 0 aliphatic rings. The summed E-state index contributed by atoms with van der Waals surface area (Å²) in [5, 5.41) is 18.1. The molecule has 6 heteroatoms. The molecule has 0 saturated carbocycles. The van der Waals surface area contributed by atoms with Crippen molar-refractivity contribution >= 4 is 11.9 Å². The standard InChI is InChI=1S/C15H11FO5/c16-10-6-4-9(5-7-10)8-21-12-3-1-2-11(14(17)18)13(12)15(19)20/h1-7H,8H2,(H,17,18)(H,19,20). The van der Waals surface area contributed by atoms with Gasteiger partial charge >= 0.3 is 11.9 Å². The Balaban J connectivity index is 2.27. The molecular formula is C15H11FO5. The molecule has 0 unspecified atom stereocenters. The highest BCUT2D eigenvalue weighted by Crippen LogP contribution is 2.24. The third-order valence-corrected chi connectivity index (χ3v) is 2.78. The van der Waals surface area contributed by atoms with E-state index in [4.69, 9.17) is 14.9 Å². The molecule has 2 rings (SSSR count). The second-order valence-corrected chi connectivity index (χ2v) is 4.20. The highest BCUT2D eigenvalue weighted by molar-refractivity contribution is 6.03. The Bertz CT molecular complexity index is 679. The summed E-state index contributed by atoms with van der Waals surface area (Å²) < 4.78 is 18.1. The Hall–Kier alpha value is -2.89. The molecule has 0 atom stereocenters. The van der Waals surface area contributed by atoms with Crippen LogP contribution in [0.4, 0.5) is 4.39 Å². The van der Waals surface area contributed by atoms with Crippen molar-refractivity contribution in [1.82, 2.24) is 0 Å². The fourth-order valence-corrected chi connectivity index (χ4v) is 1.79. The Morgan fingerprint density at radius 3 is 2.24 bits per heavy atom. The average molecular weight is 290 g/mol. The number of aromatic carboxylic acids is 2. The number of benzene rings is 2. The van der Waals surface area contributed by atoms with Gasteiger partial charge in [0.05, 0.1) is 5.56 Å². The lowest BCUT2D eigenvalue weighted by atomic mass is 10.1. The predicted octanol–water partition coefficient (Wildman–Crippen LogP) is 2.80. The molecule has 0 aromatic heterocycles. The van der Waals surface area contributed by atoms with Crippen LogP contribution < -0.4 is 4.74 Å². The van der Waals surface area contributed by atoms with Crippen LogP contribution in [-0.4, -0.2) is 22.2 Å². The van der Waals surface area contributed by atoms with Crippen molar-refractivity contribution in [1.29, 1.82) is 0 Å². The van der Waals surface area contributed by atoms with Gasteiger partial charge in [0.2, 0.25) is 0 Å². The number of carboxylic acids is 2. The number of hydrogen-bond donors (Lipinski definition) is 2. The monoisotopic (exact) mass is 290 g/mol. The lowest BCUT2D eigenvalue weighted by molar-refractivity contribution is 0.0647. The summed E-state index contributed by atoms with van der Waals surface area (Å²) in [6, 6.07) is 9.47. The molecule has 0 amide bonds. The van der Waals surface area contributed by atoms with E-state index >= 15 is 0 Å². The van der Waals surface area contributed by atoms with Gasteiger partial charge in [-0.1, -0.05) is 18.2 Å². The van der Waals surface area contributed by atoms with E-state index in [0.29, 0.717) is 5.56 Å². The maximum atomic E-state index is 12.8. The van der Waals surface area contributed by atoms with Gasteiger partial charge in [-0.25, -0.2) is 14.0 Å². The molecule has 0 radical (unpaired) electrons.